The molecule has 28 heavy (non-hydrogen) atoms. The van der Waals surface area contributed by atoms with Crippen molar-refractivity contribution in [1.82, 2.24) is 9.80 Å². The van der Waals surface area contributed by atoms with E-state index < -0.39 is 17.7 Å². The van der Waals surface area contributed by atoms with Crippen molar-refractivity contribution in [2.45, 2.75) is 26.8 Å². The monoisotopic (exact) mass is 382 g/mol. The molecule has 6 nitrogen and oxygen atoms in total. The minimum Gasteiger partial charge on any atom is -0.507 e. The predicted octanol–water partition coefficient (Wildman–Crippen LogP) is 3.19. The topological polar surface area (TPSA) is 74.0 Å². The molecular weight excluding hydrogens is 356 g/mol. The van der Waals surface area contributed by atoms with E-state index in [0.29, 0.717) is 30.2 Å². The molecule has 1 saturated heterocycles. The van der Waals surface area contributed by atoms with Gasteiger partial charge in [-0.2, -0.15) is 0 Å². The molecule has 0 unspecified atom stereocenters. The molecule has 1 aromatic heterocycles. The zero-order valence-electron chi connectivity index (χ0n) is 16.9. The van der Waals surface area contributed by atoms with Gasteiger partial charge >= 0.3 is 0 Å². The van der Waals surface area contributed by atoms with Crippen LogP contribution in [0.3, 0.4) is 0 Å². The summed E-state index contributed by atoms with van der Waals surface area (Å²) in [4.78, 5) is 29.1. The van der Waals surface area contributed by atoms with Crippen molar-refractivity contribution in [3.63, 3.8) is 0 Å². The van der Waals surface area contributed by atoms with E-state index in [0.717, 1.165) is 11.1 Å². The number of furan rings is 1. The molecule has 1 amide bonds. The van der Waals surface area contributed by atoms with Crippen LogP contribution >= 0.6 is 0 Å². The van der Waals surface area contributed by atoms with Gasteiger partial charge < -0.3 is 19.3 Å². The highest BCUT2D eigenvalue weighted by molar-refractivity contribution is 6.46. The number of nitrogens with zero attached hydrogens (tertiary/aromatic N) is 2. The molecule has 0 bridgehead atoms. The number of amides is 1. The molecule has 0 aliphatic carbocycles. The van der Waals surface area contributed by atoms with Crippen LogP contribution in [0.5, 0.6) is 0 Å². The average molecular weight is 382 g/mol. The summed E-state index contributed by atoms with van der Waals surface area (Å²) in [5.41, 5.74) is 2.42. The number of aliphatic hydroxyl groups is 1. The molecule has 1 aliphatic heterocycles. The molecule has 1 atom stereocenters. The number of rotatable bonds is 5. The van der Waals surface area contributed by atoms with E-state index in [9.17, 15) is 14.7 Å². The van der Waals surface area contributed by atoms with E-state index in [-0.39, 0.29) is 11.3 Å². The Bertz CT molecular complexity index is 955. The summed E-state index contributed by atoms with van der Waals surface area (Å²) in [6, 6.07) is 8.45. The number of benzene rings is 1. The maximum atomic E-state index is 12.9. The van der Waals surface area contributed by atoms with Crippen LogP contribution in [0, 0.1) is 20.8 Å². The Morgan fingerprint density at radius 3 is 2.46 bits per heavy atom. The fourth-order valence-electron chi connectivity index (χ4n) is 3.45. The number of Topliss-reactive ketones (excluding diaryl/α,β-unsaturated/α-hetero) is 1. The maximum Gasteiger partial charge on any atom is 0.295 e. The fraction of sp³-hybridized carbons (Fsp3) is 0.364. The van der Waals surface area contributed by atoms with Gasteiger partial charge in [0, 0.05) is 18.7 Å². The quantitative estimate of drug-likeness (QED) is 0.488. The Balaban J connectivity index is 2.17. The van der Waals surface area contributed by atoms with E-state index in [1.165, 1.54) is 4.90 Å². The van der Waals surface area contributed by atoms with E-state index in [1.54, 1.807) is 19.1 Å². The maximum absolute atomic E-state index is 12.9. The Hall–Kier alpha value is -2.86. The zero-order chi connectivity index (χ0) is 20.6. The van der Waals surface area contributed by atoms with Gasteiger partial charge in [0.1, 0.15) is 23.3 Å². The highest BCUT2D eigenvalue weighted by Gasteiger charge is 2.47. The number of hydrogen-bond donors (Lipinski definition) is 1. The third-order valence-corrected chi connectivity index (χ3v) is 5.01. The summed E-state index contributed by atoms with van der Waals surface area (Å²) in [6.45, 7) is 6.53. The highest BCUT2D eigenvalue weighted by Crippen LogP contribution is 2.40. The molecule has 2 aromatic rings. The second-order valence-electron chi connectivity index (χ2n) is 7.56. The van der Waals surface area contributed by atoms with Gasteiger partial charge in [0.05, 0.1) is 5.57 Å². The van der Waals surface area contributed by atoms with Crippen molar-refractivity contribution in [3.8, 4) is 0 Å². The van der Waals surface area contributed by atoms with Crippen molar-refractivity contribution >= 4 is 17.4 Å². The van der Waals surface area contributed by atoms with Crippen molar-refractivity contribution in [1.29, 1.82) is 0 Å². The predicted molar refractivity (Wildman–Crippen MR) is 107 cm³/mol. The first-order valence-electron chi connectivity index (χ1n) is 9.27. The van der Waals surface area contributed by atoms with Gasteiger partial charge in [-0.05, 0) is 58.6 Å². The zero-order valence-corrected chi connectivity index (χ0v) is 16.9. The normalized spacial score (nSPS) is 19.1. The van der Waals surface area contributed by atoms with E-state index in [1.807, 2.05) is 51.0 Å². The van der Waals surface area contributed by atoms with Crippen LogP contribution in [0.1, 0.15) is 34.3 Å². The summed E-state index contributed by atoms with van der Waals surface area (Å²) in [5.74, 6) is -0.308. The molecule has 1 aromatic carbocycles. The second-order valence-corrected chi connectivity index (χ2v) is 7.56. The fourth-order valence-corrected chi connectivity index (χ4v) is 3.45. The van der Waals surface area contributed by atoms with Crippen molar-refractivity contribution in [3.05, 3.63) is 64.1 Å². The summed E-state index contributed by atoms with van der Waals surface area (Å²) >= 11 is 0. The lowest BCUT2D eigenvalue weighted by atomic mass is 9.96. The summed E-state index contributed by atoms with van der Waals surface area (Å²) in [6.07, 6.45) is 0. The first-order chi connectivity index (χ1) is 13.2. The largest absolute Gasteiger partial charge is 0.507 e. The molecule has 1 N–H and O–H groups in total. The molecule has 0 radical (unpaired) electrons. The van der Waals surface area contributed by atoms with Crippen molar-refractivity contribution < 1.29 is 19.1 Å². The second kappa shape index (κ2) is 7.64. The summed E-state index contributed by atoms with van der Waals surface area (Å²) in [7, 11) is 3.80. The van der Waals surface area contributed by atoms with Crippen LogP contribution in [-0.2, 0) is 9.59 Å². The van der Waals surface area contributed by atoms with Gasteiger partial charge in [0.15, 0.2) is 0 Å². The molecule has 2 heterocycles. The number of ketones is 1. The standard InChI is InChI=1S/C22H26N2O4/c1-13-6-7-14(2)16(12-13)20(25)18-19(17-9-8-15(3)28-17)24(11-10-23(4)5)22(27)21(18)26/h6-9,12,19,25H,10-11H2,1-5H3/t19-/m1/s1. The van der Waals surface area contributed by atoms with E-state index in [4.69, 9.17) is 4.42 Å². The molecule has 0 spiro atoms. The summed E-state index contributed by atoms with van der Waals surface area (Å²) < 4.78 is 5.77. The number of aliphatic hydroxyl groups excluding tert-OH is 1. The lowest BCUT2D eigenvalue weighted by molar-refractivity contribution is -0.140. The first-order valence-corrected chi connectivity index (χ1v) is 9.27. The van der Waals surface area contributed by atoms with Crippen LogP contribution < -0.4 is 0 Å². The molecule has 1 fully saturated rings. The summed E-state index contributed by atoms with van der Waals surface area (Å²) in [5, 5.41) is 11.1. The molecule has 1 aliphatic rings. The van der Waals surface area contributed by atoms with Crippen LogP contribution in [-0.4, -0.2) is 53.8 Å². The first kappa shape index (κ1) is 19.9. The van der Waals surface area contributed by atoms with Crippen molar-refractivity contribution in [2.75, 3.05) is 27.2 Å². The van der Waals surface area contributed by atoms with E-state index >= 15 is 0 Å². The Morgan fingerprint density at radius 2 is 1.86 bits per heavy atom. The number of aryl methyl sites for hydroxylation is 3. The number of likely N-dealkylation sites (tertiary alicyclic amines) is 1. The smallest absolute Gasteiger partial charge is 0.295 e. The lowest BCUT2D eigenvalue weighted by Crippen LogP contribution is -2.35. The third kappa shape index (κ3) is 3.60. The van der Waals surface area contributed by atoms with Gasteiger partial charge in [0.25, 0.3) is 11.7 Å². The van der Waals surface area contributed by atoms with Crippen LogP contribution in [0.25, 0.3) is 5.76 Å². The van der Waals surface area contributed by atoms with Crippen LogP contribution in [0.4, 0.5) is 0 Å². The minimum absolute atomic E-state index is 0.0757. The van der Waals surface area contributed by atoms with Gasteiger partial charge in [-0.3, -0.25) is 9.59 Å². The van der Waals surface area contributed by atoms with Gasteiger partial charge in [-0.15, -0.1) is 0 Å². The molecule has 3 rings (SSSR count). The SMILES string of the molecule is Cc1ccc(C)c(C(O)=C2C(=O)C(=O)N(CCN(C)C)[C@@H]2c2ccc(C)o2)c1. The Kier molecular flexibility index (Phi) is 5.42. The van der Waals surface area contributed by atoms with Crippen molar-refractivity contribution in [2.24, 2.45) is 0 Å². The lowest BCUT2D eigenvalue weighted by Gasteiger charge is -2.24. The van der Waals surface area contributed by atoms with Crippen LogP contribution in [0.15, 0.2) is 40.3 Å². The highest BCUT2D eigenvalue weighted by atomic mass is 16.3. The Labute approximate surface area is 165 Å². The third-order valence-electron chi connectivity index (χ3n) is 5.01. The van der Waals surface area contributed by atoms with Gasteiger partial charge in [0.2, 0.25) is 0 Å². The molecular formula is C22H26N2O4. The molecule has 0 saturated carbocycles. The number of carbonyl (C=O) groups is 2. The Morgan fingerprint density at radius 1 is 1.14 bits per heavy atom. The van der Waals surface area contributed by atoms with E-state index in [2.05, 4.69) is 0 Å². The van der Waals surface area contributed by atoms with Gasteiger partial charge in [-0.25, -0.2) is 0 Å². The average Bonchev–Trinajstić information content (AvgIpc) is 3.16. The molecule has 148 valence electrons. The van der Waals surface area contributed by atoms with Crippen LogP contribution in [0.2, 0.25) is 0 Å². The minimum atomic E-state index is -0.742. The number of hydrogen-bond acceptors (Lipinski definition) is 5. The van der Waals surface area contributed by atoms with Gasteiger partial charge in [-0.1, -0.05) is 17.7 Å². The number of likely N-dealkylation sites (N-methyl/N-ethyl adjacent to an activating group) is 1. The molecule has 6 heteroatoms. The number of carbonyl (C=O) groups excluding carboxylic acids is 2.